The molecule has 1 atom stereocenters. The van der Waals surface area contributed by atoms with Gasteiger partial charge in [0, 0.05) is 0 Å². The summed E-state index contributed by atoms with van der Waals surface area (Å²) in [6.45, 7) is 0. The van der Waals surface area contributed by atoms with Crippen molar-refractivity contribution in [1.29, 1.82) is 0 Å². The third-order valence-corrected chi connectivity index (χ3v) is 0.432. The van der Waals surface area contributed by atoms with E-state index in [1.165, 1.54) is 0 Å². The molecular weight excluding hydrogens is 128 g/mol. The van der Waals surface area contributed by atoms with Gasteiger partial charge in [0.2, 0.25) is 6.17 Å². The lowest BCUT2D eigenvalue weighted by Gasteiger charge is -2.02. The topological polar surface area (TPSA) is 17.1 Å². The largest absolute Gasteiger partial charge is 0.426 e. The van der Waals surface area contributed by atoms with Crippen LogP contribution in [-0.4, -0.2) is 18.6 Å². The van der Waals surface area contributed by atoms with Crippen LogP contribution < -0.4 is 0 Å². The summed E-state index contributed by atoms with van der Waals surface area (Å²) in [5.41, 5.74) is 0. The van der Waals surface area contributed by atoms with Gasteiger partial charge in [-0.15, -0.1) is 0 Å². The minimum Gasteiger partial charge on any atom is -0.300 e. The Bertz CT molecular complexity index is 85.8. The van der Waals surface area contributed by atoms with E-state index in [1.54, 1.807) is 0 Å². The molecule has 0 amide bonds. The summed E-state index contributed by atoms with van der Waals surface area (Å²) in [6.07, 6.45) is -9.15. The average Bonchev–Trinajstić information content (AvgIpc) is 1.62. The molecule has 0 aromatic rings. The molecule has 0 aromatic heterocycles. The van der Waals surface area contributed by atoms with E-state index in [0.717, 1.165) is 0 Å². The van der Waals surface area contributed by atoms with E-state index in [9.17, 15) is 17.6 Å². The summed E-state index contributed by atoms with van der Waals surface area (Å²) in [7, 11) is 0. The Hall–Kier alpha value is -0.610. The molecule has 0 fully saturated rings. The van der Waals surface area contributed by atoms with Crippen molar-refractivity contribution < 1.29 is 22.4 Å². The Balaban J connectivity index is 3.80. The lowest BCUT2D eigenvalue weighted by molar-refractivity contribution is -0.178. The maximum atomic E-state index is 11.1. The molecular formula is C3H2F4O. The second-order valence-electron chi connectivity index (χ2n) is 1.08. The summed E-state index contributed by atoms with van der Waals surface area (Å²) in [5.74, 6) is 0. The quantitative estimate of drug-likeness (QED) is 0.383. The Morgan fingerprint density at radius 3 is 1.75 bits per heavy atom. The molecule has 5 heteroatoms. The summed E-state index contributed by atoms with van der Waals surface area (Å²) < 4.78 is 43.7. The lowest BCUT2D eigenvalue weighted by Crippen LogP contribution is -2.25. The van der Waals surface area contributed by atoms with Gasteiger partial charge in [0.25, 0.3) is 0 Å². The van der Waals surface area contributed by atoms with Gasteiger partial charge in [0.15, 0.2) is 6.29 Å². The summed E-state index contributed by atoms with van der Waals surface area (Å²) in [6, 6.07) is 0. The highest BCUT2D eigenvalue weighted by Crippen LogP contribution is 2.20. The predicted molar refractivity (Wildman–Crippen MR) is 17.0 cm³/mol. The number of halogens is 4. The van der Waals surface area contributed by atoms with E-state index >= 15 is 0 Å². The first-order valence-electron chi connectivity index (χ1n) is 1.64. The molecule has 1 unspecified atom stereocenters. The molecule has 48 valence electrons. The van der Waals surface area contributed by atoms with Crippen LogP contribution >= 0.6 is 0 Å². The van der Waals surface area contributed by atoms with E-state index < -0.39 is 18.6 Å². The van der Waals surface area contributed by atoms with Gasteiger partial charge in [-0.25, -0.2) is 4.39 Å². The SMILES string of the molecule is O=CC(F)C(F)(F)F. The number of rotatable bonds is 1. The van der Waals surface area contributed by atoms with Crippen molar-refractivity contribution in [1.82, 2.24) is 0 Å². The molecule has 0 heterocycles. The molecule has 0 rings (SSSR count). The molecule has 0 aromatic carbocycles. The Morgan fingerprint density at radius 1 is 1.38 bits per heavy atom. The number of carbonyl (C=O) groups excluding carboxylic acids is 1. The molecule has 0 radical (unpaired) electrons. The zero-order chi connectivity index (χ0) is 6.78. The Kier molecular flexibility index (Phi) is 1.94. The molecule has 0 saturated carbocycles. The van der Waals surface area contributed by atoms with E-state index in [2.05, 4.69) is 0 Å². The van der Waals surface area contributed by atoms with E-state index in [4.69, 9.17) is 4.79 Å². The minimum atomic E-state index is -5.03. The zero-order valence-corrected chi connectivity index (χ0v) is 3.57. The van der Waals surface area contributed by atoms with E-state index in [0.29, 0.717) is 0 Å². The number of alkyl halides is 4. The van der Waals surface area contributed by atoms with Gasteiger partial charge < -0.3 is 0 Å². The smallest absolute Gasteiger partial charge is 0.300 e. The fraction of sp³-hybridized carbons (Fsp3) is 0.667. The van der Waals surface area contributed by atoms with Gasteiger partial charge in [-0.2, -0.15) is 13.2 Å². The van der Waals surface area contributed by atoms with Crippen molar-refractivity contribution in [3.05, 3.63) is 0 Å². The third kappa shape index (κ3) is 1.90. The highest BCUT2D eigenvalue weighted by atomic mass is 19.4. The average molecular weight is 130 g/mol. The standard InChI is InChI=1S/C3H2F4O/c4-2(1-8)3(5,6)7/h1-2H. The normalized spacial score (nSPS) is 15.5. The first-order valence-corrected chi connectivity index (χ1v) is 1.64. The van der Waals surface area contributed by atoms with E-state index in [1.807, 2.05) is 0 Å². The fourth-order valence-corrected chi connectivity index (χ4v) is 0.0772. The van der Waals surface area contributed by atoms with Crippen LogP contribution in [0.15, 0.2) is 0 Å². The van der Waals surface area contributed by atoms with Crippen LogP contribution in [0.5, 0.6) is 0 Å². The van der Waals surface area contributed by atoms with Gasteiger partial charge in [-0.1, -0.05) is 0 Å². The first-order chi connectivity index (χ1) is 3.48. The number of hydrogen-bond acceptors (Lipinski definition) is 1. The van der Waals surface area contributed by atoms with Gasteiger partial charge in [-0.05, 0) is 0 Å². The Morgan fingerprint density at radius 2 is 1.75 bits per heavy atom. The van der Waals surface area contributed by atoms with Crippen LogP contribution in [0.25, 0.3) is 0 Å². The minimum absolute atomic E-state index is 0.792. The molecule has 0 bridgehead atoms. The molecule has 0 aliphatic heterocycles. The van der Waals surface area contributed by atoms with Gasteiger partial charge in [0.1, 0.15) is 0 Å². The highest BCUT2D eigenvalue weighted by molar-refractivity contribution is 5.56. The summed E-state index contributed by atoms with van der Waals surface area (Å²) in [4.78, 5) is 9.06. The monoisotopic (exact) mass is 130 g/mol. The van der Waals surface area contributed by atoms with Crippen LogP contribution in [0.1, 0.15) is 0 Å². The summed E-state index contributed by atoms with van der Waals surface area (Å²) >= 11 is 0. The van der Waals surface area contributed by atoms with Crippen LogP contribution in [-0.2, 0) is 4.79 Å². The van der Waals surface area contributed by atoms with Crippen molar-refractivity contribution in [3.8, 4) is 0 Å². The molecule has 8 heavy (non-hydrogen) atoms. The van der Waals surface area contributed by atoms with Crippen molar-refractivity contribution in [2.45, 2.75) is 12.3 Å². The zero-order valence-electron chi connectivity index (χ0n) is 3.57. The summed E-state index contributed by atoms with van der Waals surface area (Å²) in [5, 5.41) is 0. The fourth-order valence-electron chi connectivity index (χ4n) is 0.0772. The third-order valence-electron chi connectivity index (χ3n) is 0.432. The first kappa shape index (κ1) is 7.39. The van der Waals surface area contributed by atoms with Crippen molar-refractivity contribution in [3.63, 3.8) is 0 Å². The lowest BCUT2D eigenvalue weighted by atomic mass is 10.4. The van der Waals surface area contributed by atoms with Crippen molar-refractivity contribution in [2.75, 3.05) is 0 Å². The highest BCUT2D eigenvalue weighted by Gasteiger charge is 2.39. The molecule has 0 N–H and O–H groups in total. The second-order valence-corrected chi connectivity index (χ2v) is 1.08. The van der Waals surface area contributed by atoms with Crippen LogP contribution in [0.2, 0.25) is 0 Å². The Labute approximate surface area is 42.3 Å². The molecule has 0 spiro atoms. The van der Waals surface area contributed by atoms with Crippen molar-refractivity contribution in [2.24, 2.45) is 0 Å². The predicted octanol–water partition coefficient (Wildman–Crippen LogP) is 1.09. The van der Waals surface area contributed by atoms with Crippen LogP contribution in [0, 0.1) is 0 Å². The number of aldehydes is 1. The maximum Gasteiger partial charge on any atom is 0.426 e. The molecule has 0 aliphatic rings. The van der Waals surface area contributed by atoms with Gasteiger partial charge in [-0.3, -0.25) is 4.79 Å². The van der Waals surface area contributed by atoms with E-state index in [-0.39, 0.29) is 0 Å². The second kappa shape index (κ2) is 2.11. The maximum absolute atomic E-state index is 11.1. The van der Waals surface area contributed by atoms with Gasteiger partial charge >= 0.3 is 6.18 Å². The van der Waals surface area contributed by atoms with Crippen molar-refractivity contribution >= 4 is 6.29 Å². The van der Waals surface area contributed by atoms with Crippen LogP contribution in [0.3, 0.4) is 0 Å². The molecule has 1 nitrogen and oxygen atoms in total. The molecule has 0 saturated heterocycles. The molecule has 0 aliphatic carbocycles. The van der Waals surface area contributed by atoms with Gasteiger partial charge in [0.05, 0.1) is 0 Å². The number of carbonyl (C=O) groups is 1. The number of hydrogen-bond donors (Lipinski definition) is 0. The van der Waals surface area contributed by atoms with Crippen LogP contribution in [0.4, 0.5) is 17.6 Å².